The quantitative estimate of drug-likeness (QED) is 0.495. The lowest BCUT2D eigenvalue weighted by atomic mass is 10.7. The van der Waals surface area contributed by atoms with Gasteiger partial charge in [-0.3, -0.25) is 5.41 Å². The maximum Gasteiger partial charge on any atom is 0.133 e. The largest absolute Gasteiger partial charge is 0.386 e. The summed E-state index contributed by atoms with van der Waals surface area (Å²) in [5, 5.41) is 14.2. The first kappa shape index (κ1) is 17.3. The molecule has 0 heterocycles. The Bertz CT molecular complexity index is 135. The van der Waals surface area contributed by atoms with Gasteiger partial charge in [-0.1, -0.05) is 0 Å². The van der Waals surface area contributed by atoms with Gasteiger partial charge in [0, 0.05) is 14.2 Å². The Balaban J connectivity index is -0.000000126. The fraction of sp³-hybridized carbons (Fsp3) is 0.667. The van der Waals surface area contributed by atoms with E-state index in [9.17, 15) is 0 Å². The molecule has 0 saturated heterocycles. The molecule has 5 nitrogen and oxygen atoms in total. The van der Waals surface area contributed by atoms with Gasteiger partial charge < -0.3 is 15.2 Å². The van der Waals surface area contributed by atoms with Crippen LogP contribution in [0.4, 0.5) is 0 Å². The van der Waals surface area contributed by atoms with Crippen LogP contribution >= 0.6 is 12.4 Å². The van der Waals surface area contributed by atoms with Crippen molar-refractivity contribution in [3.63, 3.8) is 0 Å². The van der Waals surface area contributed by atoms with Gasteiger partial charge in [0.15, 0.2) is 0 Å². The van der Waals surface area contributed by atoms with Crippen molar-refractivity contribution in [2.75, 3.05) is 27.4 Å². The smallest absolute Gasteiger partial charge is 0.133 e. The van der Waals surface area contributed by atoms with Gasteiger partial charge in [0.2, 0.25) is 0 Å². The summed E-state index contributed by atoms with van der Waals surface area (Å²) in [5.41, 5.74) is 4.86. The van der Waals surface area contributed by atoms with Gasteiger partial charge in [0.1, 0.15) is 19.0 Å². The predicted molar refractivity (Wildman–Crippen MR) is 48.5 cm³/mol. The molecular formula is C6H14ClN3O2. The van der Waals surface area contributed by atoms with Crippen molar-refractivity contribution in [1.29, 1.82) is 10.7 Å². The summed E-state index contributed by atoms with van der Waals surface area (Å²) in [5.74, 6) is 0.0671. The fourth-order valence-electron chi connectivity index (χ4n) is 0.220. The Morgan fingerprint density at radius 1 is 1.50 bits per heavy atom. The molecule has 72 valence electrons. The summed E-state index contributed by atoms with van der Waals surface area (Å²) in [7, 11) is 2.99. The molecule has 0 aliphatic heterocycles. The molecule has 0 fully saturated rings. The summed E-state index contributed by atoms with van der Waals surface area (Å²) in [6.07, 6.45) is 0. The second-order valence-electron chi connectivity index (χ2n) is 1.55. The first-order valence-corrected chi connectivity index (χ1v) is 2.86. The van der Waals surface area contributed by atoms with Gasteiger partial charge in [-0.15, -0.1) is 12.4 Å². The zero-order valence-corrected chi connectivity index (χ0v) is 7.98. The third kappa shape index (κ3) is 35.2. The normalized spacial score (nSPS) is 6.75. The molecule has 0 aliphatic rings. The molecular weight excluding hydrogens is 182 g/mol. The van der Waals surface area contributed by atoms with Crippen LogP contribution in [0.25, 0.3) is 0 Å². The molecule has 0 aromatic rings. The molecule has 0 aromatic carbocycles. The van der Waals surface area contributed by atoms with Crippen LogP contribution in [0.5, 0.6) is 0 Å². The molecule has 0 spiro atoms. The number of nitrogens with zero attached hydrogens (tertiary/aromatic N) is 1. The molecule has 0 radical (unpaired) electrons. The Hall–Kier alpha value is -0.830. The lowest BCUT2D eigenvalue weighted by Crippen LogP contribution is -2.15. The van der Waals surface area contributed by atoms with Crippen LogP contribution in [-0.4, -0.2) is 33.3 Å². The highest BCUT2D eigenvalue weighted by Gasteiger charge is 1.78. The van der Waals surface area contributed by atoms with Crippen molar-refractivity contribution in [2.24, 2.45) is 5.73 Å². The summed E-state index contributed by atoms with van der Waals surface area (Å²) in [6, 6.07) is 1.80. The summed E-state index contributed by atoms with van der Waals surface area (Å²) in [6.45, 7) is 0.431. The third-order valence-corrected chi connectivity index (χ3v) is 0.509. The van der Waals surface area contributed by atoms with Gasteiger partial charge in [-0.05, 0) is 0 Å². The zero-order valence-electron chi connectivity index (χ0n) is 7.16. The molecule has 0 saturated carbocycles. The number of nitrogens with two attached hydrogens (primary N) is 1. The van der Waals surface area contributed by atoms with E-state index in [1.54, 1.807) is 6.07 Å². The van der Waals surface area contributed by atoms with Crippen LogP contribution in [0.2, 0.25) is 0 Å². The van der Waals surface area contributed by atoms with Crippen LogP contribution in [0.1, 0.15) is 0 Å². The van der Waals surface area contributed by atoms with Crippen molar-refractivity contribution in [1.82, 2.24) is 0 Å². The minimum Gasteiger partial charge on any atom is -0.386 e. The molecule has 0 bridgehead atoms. The van der Waals surface area contributed by atoms with Crippen LogP contribution in [0.15, 0.2) is 0 Å². The second kappa shape index (κ2) is 16.6. The number of amidine groups is 1. The van der Waals surface area contributed by atoms with Crippen molar-refractivity contribution in [3.05, 3.63) is 0 Å². The third-order valence-electron chi connectivity index (χ3n) is 0.509. The molecule has 0 rings (SSSR count). The number of rotatable bonds is 3. The average molecular weight is 196 g/mol. The van der Waals surface area contributed by atoms with Gasteiger partial charge in [0.05, 0.1) is 6.07 Å². The maximum absolute atomic E-state index is 7.69. The minimum absolute atomic E-state index is 0. The molecule has 12 heavy (non-hydrogen) atoms. The maximum atomic E-state index is 7.69. The number of methoxy groups -OCH3 is 2. The lowest BCUT2D eigenvalue weighted by Gasteiger charge is -1.88. The molecule has 0 aliphatic carbocycles. The van der Waals surface area contributed by atoms with Gasteiger partial charge in [0.25, 0.3) is 0 Å². The van der Waals surface area contributed by atoms with Gasteiger partial charge in [-0.25, -0.2) is 0 Å². The van der Waals surface area contributed by atoms with E-state index in [2.05, 4.69) is 9.47 Å². The highest BCUT2D eigenvalue weighted by molar-refractivity contribution is 5.85. The van der Waals surface area contributed by atoms with E-state index < -0.39 is 0 Å². The van der Waals surface area contributed by atoms with Crippen molar-refractivity contribution < 1.29 is 9.47 Å². The molecule has 3 N–H and O–H groups in total. The number of hydrogen-bond acceptors (Lipinski definition) is 4. The number of nitriles is 1. The fourth-order valence-corrected chi connectivity index (χ4v) is 0.220. The van der Waals surface area contributed by atoms with E-state index in [-0.39, 0.29) is 31.5 Å². The molecule has 0 aromatic heterocycles. The molecule has 0 atom stereocenters. The predicted octanol–water partition coefficient (Wildman–Crippen LogP) is 0.147. The highest BCUT2D eigenvalue weighted by Crippen LogP contribution is 1.59. The van der Waals surface area contributed by atoms with Crippen LogP contribution < -0.4 is 5.73 Å². The number of nitrogens with one attached hydrogen (secondary N) is 1. The standard InChI is InChI=1S/C3H8N2O.C3H5NO.ClH/c1-6-2-3(4)5;1-5-3-2-4;/h2H2,1H3,(H3,4,5);3H2,1H3;1H. The topological polar surface area (TPSA) is 92.1 Å². The lowest BCUT2D eigenvalue weighted by molar-refractivity contribution is 0.238. The second-order valence-corrected chi connectivity index (χ2v) is 1.55. The summed E-state index contributed by atoms with van der Waals surface area (Å²) >= 11 is 0. The Morgan fingerprint density at radius 3 is 2.00 bits per heavy atom. The van der Waals surface area contributed by atoms with E-state index >= 15 is 0 Å². The van der Waals surface area contributed by atoms with E-state index in [0.29, 0.717) is 0 Å². The Kier molecular flexibility index (Phi) is 24.0. The van der Waals surface area contributed by atoms with Gasteiger partial charge >= 0.3 is 0 Å². The highest BCUT2D eigenvalue weighted by atomic mass is 35.5. The van der Waals surface area contributed by atoms with E-state index in [1.165, 1.54) is 14.2 Å². The van der Waals surface area contributed by atoms with Gasteiger partial charge in [-0.2, -0.15) is 5.26 Å². The summed E-state index contributed by atoms with van der Waals surface area (Å²) in [4.78, 5) is 0. The van der Waals surface area contributed by atoms with E-state index in [0.717, 1.165) is 0 Å². The number of halogens is 1. The number of hydrogen-bond donors (Lipinski definition) is 2. The van der Waals surface area contributed by atoms with Crippen LogP contribution in [-0.2, 0) is 9.47 Å². The van der Waals surface area contributed by atoms with Crippen molar-refractivity contribution in [3.8, 4) is 6.07 Å². The minimum atomic E-state index is 0. The first-order chi connectivity index (χ1) is 5.18. The number of ether oxygens (including phenoxy) is 2. The van der Waals surface area contributed by atoms with E-state index in [1.807, 2.05) is 0 Å². The zero-order chi connectivity index (χ0) is 9.11. The monoisotopic (exact) mass is 195 g/mol. The first-order valence-electron chi connectivity index (χ1n) is 2.86. The Labute approximate surface area is 78.4 Å². The van der Waals surface area contributed by atoms with Crippen molar-refractivity contribution in [2.45, 2.75) is 0 Å². The van der Waals surface area contributed by atoms with E-state index in [4.69, 9.17) is 16.4 Å². The average Bonchev–Trinajstić information content (AvgIpc) is 1.90. The van der Waals surface area contributed by atoms with Crippen LogP contribution in [0.3, 0.4) is 0 Å². The molecule has 6 heteroatoms. The van der Waals surface area contributed by atoms with Crippen molar-refractivity contribution >= 4 is 18.2 Å². The van der Waals surface area contributed by atoms with Crippen LogP contribution in [0, 0.1) is 16.7 Å². The Morgan fingerprint density at radius 2 is 2.00 bits per heavy atom. The SMILES string of the molecule is COCC#N.COCC(=N)N.Cl. The summed E-state index contributed by atoms with van der Waals surface area (Å²) < 4.78 is 8.78. The molecule has 0 unspecified atom stereocenters. The molecule has 0 amide bonds.